The van der Waals surface area contributed by atoms with Gasteiger partial charge in [0.15, 0.2) is 0 Å². The van der Waals surface area contributed by atoms with E-state index in [-0.39, 0.29) is 10.5 Å². The molecule has 0 aliphatic rings. The second kappa shape index (κ2) is 4.48. The second-order valence-corrected chi connectivity index (χ2v) is 4.26. The number of aromatic carboxylic acids is 1. The Balaban J connectivity index is 3.19. The molecule has 3 nitrogen and oxygen atoms in total. The molecule has 0 spiro atoms. The number of carbonyl (C=O) groups is 1. The van der Waals surface area contributed by atoms with E-state index in [2.05, 4.69) is 0 Å². The van der Waals surface area contributed by atoms with E-state index in [4.69, 9.17) is 5.11 Å². The molecule has 1 atom stereocenters. The van der Waals surface area contributed by atoms with Crippen molar-refractivity contribution in [3.8, 4) is 0 Å². The van der Waals surface area contributed by atoms with Crippen LogP contribution in [0, 0.1) is 6.92 Å². The summed E-state index contributed by atoms with van der Waals surface area (Å²) in [5, 5.41) is 8.72. The summed E-state index contributed by atoms with van der Waals surface area (Å²) in [5.41, 5.74) is 0.332. The van der Waals surface area contributed by atoms with Crippen LogP contribution in [0.3, 0.4) is 0 Å². The monoisotopic (exact) mass is 234 g/mol. The zero-order valence-electron chi connectivity index (χ0n) is 7.74. The van der Waals surface area contributed by atoms with Gasteiger partial charge in [-0.05, 0) is 24.6 Å². The van der Waals surface area contributed by atoms with Crippen LogP contribution in [-0.4, -0.2) is 21.0 Å². The fraction of sp³-hybridized carbons (Fsp3) is 0.222. The van der Waals surface area contributed by atoms with Gasteiger partial charge in [0.05, 0.1) is 5.56 Å². The molecule has 0 aliphatic heterocycles. The van der Waals surface area contributed by atoms with Gasteiger partial charge >= 0.3 is 11.7 Å². The zero-order chi connectivity index (χ0) is 11.6. The van der Waals surface area contributed by atoms with Crippen molar-refractivity contribution in [1.29, 1.82) is 0 Å². The van der Waals surface area contributed by atoms with Crippen molar-refractivity contribution < 1.29 is 22.9 Å². The van der Waals surface area contributed by atoms with Gasteiger partial charge in [-0.1, -0.05) is 6.07 Å². The normalized spacial score (nSPS) is 12.8. The van der Waals surface area contributed by atoms with E-state index in [0.717, 1.165) is 6.07 Å². The van der Waals surface area contributed by atoms with Crippen LogP contribution in [0.4, 0.5) is 8.78 Å². The molecule has 0 heterocycles. The van der Waals surface area contributed by atoms with E-state index in [0.29, 0.717) is 5.56 Å². The molecule has 15 heavy (non-hydrogen) atoms. The van der Waals surface area contributed by atoms with Crippen LogP contribution in [0.1, 0.15) is 15.9 Å². The summed E-state index contributed by atoms with van der Waals surface area (Å²) in [6.45, 7) is 1.54. The number of benzene rings is 1. The van der Waals surface area contributed by atoms with E-state index < -0.39 is 22.5 Å². The summed E-state index contributed by atoms with van der Waals surface area (Å²) in [5.74, 6) is -4.23. The highest BCUT2D eigenvalue weighted by Crippen LogP contribution is 2.17. The number of carboxylic acids is 1. The molecule has 0 amide bonds. The summed E-state index contributed by atoms with van der Waals surface area (Å²) in [6.07, 6.45) is 0. The Bertz CT molecular complexity index is 418. The molecule has 0 aliphatic carbocycles. The average molecular weight is 234 g/mol. The summed E-state index contributed by atoms with van der Waals surface area (Å²) in [6, 6.07) is 3.61. The van der Waals surface area contributed by atoms with Crippen LogP contribution < -0.4 is 0 Å². The summed E-state index contributed by atoms with van der Waals surface area (Å²) < 4.78 is 35.2. The highest BCUT2D eigenvalue weighted by Gasteiger charge is 2.18. The maximum atomic E-state index is 12.1. The van der Waals surface area contributed by atoms with E-state index in [1.54, 1.807) is 6.92 Å². The molecule has 0 saturated heterocycles. The third kappa shape index (κ3) is 2.59. The number of halogens is 2. The largest absolute Gasteiger partial charge is 0.478 e. The molecule has 0 radical (unpaired) electrons. The smallest absolute Gasteiger partial charge is 0.335 e. The van der Waals surface area contributed by atoms with Gasteiger partial charge in [-0.15, -0.1) is 0 Å². The number of hydrogen-bond acceptors (Lipinski definition) is 2. The van der Waals surface area contributed by atoms with Crippen LogP contribution in [0.15, 0.2) is 23.1 Å². The first-order chi connectivity index (χ1) is 6.93. The molecular weight excluding hydrogens is 226 g/mol. The minimum Gasteiger partial charge on any atom is -0.478 e. The van der Waals surface area contributed by atoms with Crippen molar-refractivity contribution in [2.75, 3.05) is 0 Å². The van der Waals surface area contributed by atoms with Crippen LogP contribution in [0.5, 0.6) is 0 Å². The van der Waals surface area contributed by atoms with Gasteiger partial charge in [0.2, 0.25) is 0 Å². The number of alkyl halides is 2. The number of hydrogen-bond donors (Lipinski definition) is 1. The lowest BCUT2D eigenvalue weighted by molar-refractivity contribution is 0.0695. The Morgan fingerprint density at radius 1 is 1.47 bits per heavy atom. The molecule has 1 rings (SSSR count). The predicted octanol–water partition coefficient (Wildman–Crippen LogP) is 2.02. The molecular formula is C9H8F2O3S. The second-order valence-electron chi connectivity index (χ2n) is 2.84. The lowest BCUT2D eigenvalue weighted by Gasteiger charge is -2.04. The number of rotatable bonds is 3. The van der Waals surface area contributed by atoms with Crippen molar-refractivity contribution in [2.24, 2.45) is 0 Å². The summed E-state index contributed by atoms with van der Waals surface area (Å²) in [7, 11) is -2.47. The minimum absolute atomic E-state index is 0.110. The Morgan fingerprint density at radius 2 is 2.07 bits per heavy atom. The maximum Gasteiger partial charge on any atom is 0.335 e. The van der Waals surface area contributed by atoms with Gasteiger partial charge < -0.3 is 5.11 Å². The number of carboxylic acid groups (broad SMARTS) is 1. The Kier molecular flexibility index (Phi) is 3.52. The van der Waals surface area contributed by atoms with E-state index in [1.165, 1.54) is 12.1 Å². The van der Waals surface area contributed by atoms with Gasteiger partial charge in [-0.25, -0.2) is 9.00 Å². The third-order valence-corrected chi connectivity index (χ3v) is 2.88. The van der Waals surface area contributed by atoms with Crippen molar-refractivity contribution >= 4 is 16.8 Å². The molecule has 0 aromatic heterocycles. The zero-order valence-corrected chi connectivity index (χ0v) is 8.55. The van der Waals surface area contributed by atoms with E-state index >= 15 is 0 Å². The van der Waals surface area contributed by atoms with Gasteiger partial charge in [-0.3, -0.25) is 0 Å². The van der Waals surface area contributed by atoms with Crippen molar-refractivity contribution in [3.05, 3.63) is 29.3 Å². The van der Waals surface area contributed by atoms with Crippen molar-refractivity contribution in [1.82, 2.24) is 0 Å². The molecule has 0 fully saturated rings. The van der Waals surface area contributed by atoms with Gasteiger partial charge in [0.1, 0.15) is 10.8 Å². The lowest BCUT2D eigenvalue weighted by atomic mass is 10.1. The van der Waals surface area contributed by atoms with Crippen LogP contribution in [0.25, 0.3) is 0 Å². The van der Waals surface area contributed by atoms with Crippen LogP contribution in [0.2, 0.25) is 0 Å². The molecule has 0 saturated carbocycles. The fourth-order valence-corrected chi connectivity index (χ4v) is 1.70. The van der Waals surface area contributed by atoms with Crippen molar-refractivity contribution in [2.45, 2.75) is 17.6 Å². The maximum absolute atomic E-state index is 12.1. The molecule has 0 bridgehead atoms. The SMILES string of the molecule is Cc1ccc(S(=O)C(F)F)cc1C(=O)O. The first-order valence-electron chi connectivity index (χ1n) is 3.96. The highest BCUT2D eigenvalue weighted by atomic mass is 32.2. The van der Waals surface area contributed by atoms with Gasteiger partial charge in [0, 0.05) is 4.90 Å². The standard InChI is InChI=1S/C9H8F2O3S/c1-5-2-3-6(15(14)9(10)11)4-7(5)8(12)13/h2-4,9H,1H3,(H,12,13). The summed E-state index contributed by atoms with van der Waals surface area (Å²) in [4.78, 5) is 10.5. The van der Waals surface area contributed by atoms with E-state index in [9.17, 15) is 17.8 Å². The molecule has 1 N–H and O–H groups in total. The number of aryl methyl sites for hydroxylation is 1. The third-order valence-electron chi connectivity index (χ3n) is 1.83. The molecule has 82 valence electrons. The Morgan fingerprint density at radius 3 is 2.53 bits per heavy atom. The average Bonchev–Trinajstić information content (AvgIpc) is 2.16. The molecule has 1 unspecified atom stereocenters. The van der Waals surface area contributed by atoms with Crippen LogP contribution >= 0.6 is 0 Å². The first kappa shape index (κ1) is 11.8. The Labute approximate surface area is 87.2 Å². The lowest BCUT2D eigenvalue weighted by Crippen LogP contribution is -2.06. The Hall–Kier alpha value is -1.30. The quantitative estimate of drug-likeness (QED) is 0.870. The fourth-order valence-electron chi connectivity index (χ4n) is 1.06. The van der Waals surface area contributed by atoms with Crippen molar-refractivity contribution in [3.63, 3.8) is 0 Å². The minimum atomic E-state index is -3.01. The topological polar surface area (TPSA) is 54.4 Å². The van der Waals surface area contributed by atoms with E-state index in [1.807, 2.05) is 0 Å². The predicted molar refractivity (Wildman–Crippen MR) is 50.6 cm³/mol. The van der Waals surface area contributed by atoms with Gasteiger partial charge in [-0.2, -0.15) is 8.78 Å². The molecule has 6 heteroatoms. The highest BCUT2D eigenvalue weighted by molar-refractivity contribution is 7.85. The van der Waals surface area contributed by atoms with Crippen LogP contribution in [-0.2, 0) is 10.8 Å². The summed E-state index contributed by atoms with van der Waals surface area (Å²) >= 11 is 0. The molecule has 1 aromatic carbocycles. The molecule has 1 aromatic rings. The first-order valence-corrected chi connectivity index (χ1v) is 5.17. The van der Waals surface area contributed by atoms with Gasteiger partial charge in [0.25, 0.3) is 0 Å².